The summed E-state index contributed by atoms with van der Waals surface area (Å²) in [5.74, 6) is 1.19. The third kappa shape index (κ3) is 4.42. The van der Waals surface area contributed by atoms with E-state index in [1.54, 1.807) is 6.08 Å². The maximum Gasteiger partial charge on any atom is 0.149 e. The first-order valence-corrected chi connectivity index (χ1v) is 10.5. The van der Waals surface area contributed by atoms with Crippen molar-refractivity contribution in [1.29, 1.82) is 5.26 Å². The number of hydrogen-bond acceptors (Lipinski definition) is 3. The summed E-state index contributed by atoms with van der Waals surface area (Å²) in [5.41, 5.74) is 3.98. The molecule has 0 unspecified atom stereocenters. The van der Waals surface area contributed by atoms with Crippen molar-refractivity contribution in [1.82, 2.24) is 9.97 Å². The fourth-order valence-electron chi connectivity index (χ4n) is 2.96. The second kappa shape index (κ2) is 8.64. The lowest BCUT2D eigenvalue weighted by Crippen LogP contribution is -1.98. The van der Waals surface area contributed by atoms with Crippen LogP contribution >= 0.6 is 31.9 Å². The number of aromatic amines is 1. The fraction of sp³-hybridized carbons (Fsp3) is 0.0435. The number of nitrogens with one attached hydrogen (secondary N) is 1. The van der Waals surface area contributed by atoms with Crippen LogP contribution < -0.4 is 4.74 Å². The number of nitrogens with zero attached hydrogens (tertiary/aromatic N) is 2. The molecule has 1 heterocycles. The first kappa shape index (κ1) is 19.4. The minimum Gasteiger partial charge on any atom is -0.487 e. The molecular weight excluding hydrogens is 494 g/mol. The van der Waals surface area contributed by atoms with Crippen LogP contribution in [0.15, 0.2) is 75.7 Å². The minimum absolute atomic E-state index is 0.425. The Morgan fingerprint density at radius 3 is 2.59 bits per heavy atom. The third-order valence-electron chi connectivity index (χ3n) is 4.33. The van der Waals surface area contributed by atoms with Crippen LogP contribution in [0, 0.1) is 11.3 Å². The zero-order valence-corrected chi connectivity index (χ0v) is 18.4. The van der Waals surface area contributed by atoms with E-state index >= 15 is 0 Å². The van der Waals surface area contributed by atoms with Crippen molar-refractivity contribution >= 4 is 54.5 Å². The van der Waals surface area contributed by atoms with Gasteiger partial charge < -0.3 is 9.72 Å². The number of rotatable bonds is 5. The fourth-order valence-corrected chi connectivity index (χ4v) is 4.33. The number of para-hydroxylation sites is 2. The summed E-state index contributed by atoms with van der Waals surface area (Å²) in [6, 6.07) is 23.7. The lowest BCUT2D eigenvalue weighted by atomic mass is 10.1. The Kier molecular flexibility index (Phi) is 5.79. The van der Waals surface area contributed by atoms with Gasteiger partial charge in [-0.3, -0.25) is 0 Å². The Hall–Kier alpha value is -2.88. The van der Waals surface area contributed by atoms with E-state index in [0.29, 0.717) is 23.8 Å². The molecule has 4 nitrogen and oxygen atoms in total. The van der Waals surface area contributed by atoms with Crippen molar-refractivity contribution in [2.24, 2.45) is 0 Å². The number of nitriles is 1. The van der Waals surface area contributed by atoms with Gasteiger partial charge in [-0.2, -0.15) is 5.26 Å². The quantitative estimate of drug-likeness (QED) is 0.304. The van der Waals surface area contributed by atoms with Crippen LogP contribution in [-0.2, 0) is 6.61 Å². The molecule has 0 radical (unpaired) electrons. The van der Waals surface area contributed by atoms with Gasteiger partial charge in [-0.05, 0) is 51.8 Å². The van der Waals surface area contributed by atoms with Crippen LogP contribution in [0.1, 0.15) is 17.0 Å². The van der Waals surface area contributed by atoms with Crippen LogP contribution in [-0.4, -0.2) is 9.97 Å². The molecule has 6 heteroatoms. The molecule has 1 aromatic heterocycles. The third-order valence-corrected chi connectivity index (χ3v) is 5.37. The normalized spacial score (nSPS) is 11.4. The zero-order chi connectivity index (χ0) is 20.2. The first-order valence-electron chi connectivity index (χ1n) is 8.87. The van der Waals surface area contributed by atoms with Gasteiger partial charge in [-0.25, -0.2) is 4.98 Å². The first-order chi connectivity index (χ1) is 14.1. The lowest BCUT2D eigenvalue weighted by Gasteiger charge is -2.12. The van der Waals surface area contributed by atoms with Gasteiger partial charge in [0.2, 0.25) is 0 Å². The highest BCUT2D eigenvalue weighted by atomic mass is 79.9. The lowest BCUT2D eigenvalue weighted by molar-refractivity contribution is 0.303. The molecule has 0 aliphatic rings. The van der Waals surface area contributed by atoms with Gasteiger partial charge in [-0.15, -0.1) is 0 Å². The summed E-state index contributed by atoms with van der Waals surface area (Å²) in [6.45, 7) is 0.425. The van der Waals surface area contributed by atoms with Crippen LogP contribution in [0.25, 0.3) is 22.7 Å². The van der Waals surface area contributed by atoms with Crippen molar-refractivity contribution in [3.05, 3.63) is 92.6 Å². The molecule has 0 aliphatic carbocycles. The number of hydrogen-bond donors (Lipinski definition) is 1. The summed E-state index contributed by atoms with van der Waals surface area (Å²) in [6.07, 6.45) is 1.79. The van der Waals surface area contributed by atoms with Gasteiger partial charge in [0.1, 0.15) is 24.3 Å². The summed E-state index contributed by atoms with van der Waals surface area (Å²) in [4.78, 5) is 7.74. The Labute approximate surface area is 185 Å². The van der Waals surface area contributed by atoms with Crippen molar-refractivity contribution < 1.29 is 4.74 Å². The number of halogens is 2. The molecule has 4 aromatic rings. The second-order valence-corrected chi connectivity index (χ2v) is 8.12. The van der Waals surface area contributed by atoms with E-state index in [-0.39, 0.29) is 0 Å². The Balaban J connectivity index is 1.73. The molecule has 29 heavy (non-hydrogen) atoms. The molecule has 4 rings (SSSR count). The predicted octanol–water partition coefficient (Wildman–Crippen LogP) is 6.73. The number of allylic oxidation sites excluding steroid dienone is 1. The summed E-state index contributed by atoms with van der Waals surface area (Å²) in [5, 5.41) is 9.76. The average Bonchev–Trinajstić information content (AvgIpc) is 3.16. The molecular formula is C23H15Br2N3O. The Bertz CT molecular complexity index is 1210. The van der Waals surface area contributed by atoms with E-state index in [1.807, 2.05) is 66.7 Å². The van der Waals surface area contributed by atoms with Crippen LogP contribution in [0.2, 0.25) is 0 Å². The molecule has 0 aliphatic heterocycles. The summed E-state index contributed by atoms with van der Waals surface area (Å²) < 4.78 is 7.78. The molecule has 0 saturated carbocycles. The summed E-state index contributed by atoms with van der Waals surface area (Å²) in [7, 11) is 0. The van der Waals surface area contributed by atoms with Gasteiger partial charge in [-0.1, -0.05) is 58.4 Å². The summed E-state index contributed by atoms with van der Waals surface area (Å²) >= 11 is 7.10. The predicted molar refractivity (Wildman–Crippen MR) is 122 cm³/mol. The largest absolute Gasteiger partial charge is 0.487 e. The van der Waals surface area contributed by atoms with E-state index in [2.05, 4.69) is 47.9 Å². The average molecular weight is 509 g/mol. The van der Waals surface area contributed by atoms with Crippen molar-refractivity contribution in [2.75, 3.05) is 0 Å². The standard InChI is InChI=1S/C23H15Br2N3O/c24-18-11-16(22(19(25)12-18)29-14-15-6-2-1-3-7-15)10-17(13-26)23-27-20-8-4-5-9-21(20)28-23/h1-12H,14H2,(H,27,28)/b17-10+. The molecule has 0 saturated heterocycles. The number of imidazole rings is 1. The van der Waals surface area contributed by atoms with Gasteiger partial charge in [0, 0.05) is 10.0 Å². The van der Waals surface area contributed by atoms with E-state index in [9.17, 15) is 5.26 Å². The van der Waals surface area contributed by atoms with Crippen molar-refractivity contribution in [3.8, 4) is 11.8 Å². The highest BCUT2D eigenvalue weighted by Crippen LogP contribution is 2.35. The Morgan fingerprint density at radius 2 is 1.83 bits per heavy atom. The SMILES string of the molecule is N#C/C(=C\c1cc(Br)cc(Br)c1OCc1ccccc1)c1nc2ccccc2[nH]1. The van der Waals surface area contributed by atoms with Gasteiger partial charge >= 0.3 is 0 Å². The monoisotopic (exact) mass is 507 g/mol. The van der Waals surface area contributed by atoms with Gasteiger partial charge in [0.15, 0.2) is 0 Å². The van der Waals surface area contributed by atoms with Crippen LogP contribution in [0.5, 0.6) is 5.75 Å². The van der Waals surface area contributed by atoms with E-state index in [0.717, 1.165) is 31.1 Å². The number of fused-ring (bicyclic) bond motifs is 1. The van der Waals surface area contributed by atoms with Crippen molar-refractivity contribution in [2.45, 2.75) is 6.61 Å². The molecule has 0 atom stereocenters. The maximum atomic E-state index is 9.76. The highest BCUT2D eigenvalue weighted by Gasteiger charge is 2.13. The number of benzene rings is 3. The molecule has 142 valence electrons. The molecule has 3 aromatic carbocycles. The van der Waals surface area contributed by atoms with Crippen LogP contribution in [0.3, 0.4) is 0 Å². The highest BCUT2D eigenvalue weighted by molar-refractivity contribution is 9.11. The molecule has 0 spiro atoms. The maximum absolute atomic E-state index is 9.76. The molecule has 0 fully saturated rings. The van der Waals surface area contributed by atoms with Gasteiger partial charge in [0.25, 0.3) is 0 Å². The zero-order valence-electron chi connectivity index (χ0n) is 15.2. The Morgan fingerprint density at radius 1 is 1.07 bits per heavy atom. The van der Waals surface area contributed by atoms with E-state index in [4.69, 9.17) is 4.74 Å². The molecule has 0 amide bonds. The van der Waals surface area contributed by atoms with E-state index in [1.165, 1.54) is 0 Å². The topological polar surface area (TPSA) is 61.7 Å². The van der Waals surface area contributed by atoms with Crippen molar-refractivity contribution in [3.63, 3.8) is 0 Å². The van der Waals surface area contributed by atoms with Crippen LogP contribution in [0.4, 0.5) is 0 Å². The number of aromatic nitrogens is 2. The molecule has 0 bridgehead atoms. The van der Waals surface area contributed by atoms with E-state index < -0.39 is 0 Å². The smallest absolute Gasteiger partial charge is 0.149 e. The second-order valence-electron chi connectivity index (χ2n) is 6.35. The van der Waals surface area contributed by atoms with Gasteiger partial charge in [0.05, 0.1) is 21.1 Å². The number of H-pyrrole nitrogens is 1. The molecule has 1 N–H and O–H groups in total. The number of ether oxygens (including phenoxy) is 1. The minimum atomic E-state index is 0.425.